The molecule has 0 aliphatic heterocycles. The summed E-state index contributed by atoms with van der Waals surface area (Å²) in [7, 11) is 0. The fourth-order valence-electron chi connectivity index (χ4n) is 3.08. The minimum absolute atomic E-state index is 0.0940. The van der Waals surface area contributed by atoms with Gasteiger partial charge in [0.05, 0.1) is 6.07 Å². The first-order valence-electron chi connectivity index (χ1n) is 7.16. The maximum atomic E-state index is 12.1. The molecule has 1 amide bonds. The SMILES string of the molecule is CCC1CCC(C#N)(NC(=O)C2CC2(C)C)CC1. The summed E-state index contributed by atoms with van der Waals surface area (Å²) < 4.78 is 0. The molecule has 2 saturated carbocycles. The number of hydrogen-bond donors (Lipinski definition) is 1. The fraction of sp³-hybridized carbons (Fsp3) is 0.867. The van der Waals surface area contributed by atoms with Gasteiger partial charge in [0.1, 0.15) is 5.54 Å². The molecule has 18 heavy (non-hydrogen) atoms. The number of nitrogens with zero attached hydrogens (tertiary/aromatic N) is 1. The molecule has 0 saturated heterocycles. The molecule has 3 nitrogen and oxygen atoms in total. The van der Waals surface area contributed by atoms with Crippen molar-refractivity contribution < 1.29 is 4.79 Å². The van der Waals surface area contributed by atoms with E-state index in [1.165, 1.54) is 6.42 Å². The molecule has 0 aromatic heterocycles. The van der Waals surface area contributed by atoms with Crippen molar-refractivity contribution >= 4 is 5.91 Å². The number of hydrogen-bond acceptors (Lipinski definition) is 2. The van der Waals surface area contributed by atoms with Crippen LogP contribution in [-0.4, -0.2) is 11.4 Å². The second-order valence-electron chi connectivity index (χ2n) is 6.78. The lowest BCUT2D eigenvalue weighted by Crippen LogP contribution is -2.50. The van der Waals surface area contributed by atoms with Gasteiger partial charge in [0.15, 0.2) is 0 Å². The maximum absolute atomic E-state index is 12.1. The van der Waals surface area contributed by atoms with Gasteiger partial charge in [0.25, 0.3) is 0 Å². The zero-order valence-corrected chi connectivity index (χ0v) is 11.8. The summed E-state index contributed by atoms with van der Waals surface area (Å²) in [4.78, 5) is 12.1. The lowest BCUT2D eigenvalue weighted by molar-refractivity contribution is -0.124. The van der Waals surface area contributed by atoms with Crippen LogP contribution in [-0.2, 0) is 4.79 Å². The molecule has 0 aromatic carbocycles. The molecule has 2 aliphatic carbocycles. The molecule has 2 aliphatic rings. The van der Waals surface area contributed by atoms with Crippen molar-refractivity contribution in [2.75, 3.05) is 0 Å². The predicted octanol–water partition coefficient (Wildman–Crippen LogP) is 3.01. The van der Waals surface area contributed by atoms with Crippen molar-refractivity contribution in [3.8, 4) is 6.07 Å². The average molecular weight is 248 g/mol. The van der Waals surface area contributed by atoms with Gasteiger partial charge in [-0.05, 0) is 43.4 Å². The van der Waals surface area contributed by atoms with Crippen LogP contribution >= 0.6 is 0 Å². The number of carbonyl (C=O) groups is 1. The molecule has 100 valence electrons. The lowest BCUT2D eigenvalue weighted by atomic mass is 9.76. The van der Waals surface area contributed by atoms with E-state index in [-0.39, 0.29) is 17.2 Å². The van der Waals surface area contributed by atoms with Crippen molar-refractivity contribution in [1.29, 1.82) is 5.26 Å². The Morgan fingerprint density at radius 1 is 1.39 bits per heavy atom. The Kier molecular flexibility index (Phi) is 3.40. The molecule has 0 spiro atoms. The number of rotatable bonds is 3. The van der Waals surface area contributed by atoms with E-state index >= 15 is 0 Å². The van der Waals surface area contributed by atoms with Crippen LogP contribution in [0.5, 0.6) is 0 Å². The van der Waals surface area contributed by atoms with Crippen molar-refractivity contribution in [2.45, 2.75) is 64.8 Å². The Bertz CT molecular complexity index is 372. The van der Waals surface area contributed by atoms with Crippen LogP contribution in [0.4, 0.5) is 0 Å². The van der Waals surface area contributed by atoms with E-state index in [2.05, 4.69) is 32.2 Å². The average Bonchev–Trinajstić information content (AvgIpc) is 2.99. The van der Waals surface area contributed by atoms with Gasteiger partial charge in [-0.15, -0.1) is 0 Å². The second kappa shape index (κ2) is 4.57. The first-order chi connectivity index (χ1) is 8.42. The van der Waals surface area contributed by atoms with Gasteiger partial charge >= 0.3 is 0 Å². The molecule has 0 heterocycles. The molecule has 1 unspecified atom stereocenters. The van der Waals surface area contributed by atoms with Gasteiger partial charge in [-0.2, -0.15) is 5.26 Å². The summed E-state index contributed by atoms with van der Waals surface area (Å²) in [5.74, 6) is 0.948. The summed E-state index contributed by atoms with van der Waals surface area (Å²) in [6.07, 6.45) is 5.92. The van der Waals surface area contributed by atoms with E-state index in [4.69, 9.17) is 0 Å². The molecule has 2 fully saturated rings. The Hall–Kier alpha value is -1.04. The van der Waals surface area contributed by atoms with Crippen molar-refractivity contribution in [2.24, 2.45) is 17.3 Å². The van der Waals surface area contributed by atoms with Gasteiger partial charge in [0, 0.05) is 5.92 Å². The van der Waals surface area contributed by atoms with E-state index in [0.29, 0.717) is 0 Å². The van der Waals surface area contributed by atoms with Gasteiger partial charge in [-0.3, -0.25) is 4.79 Å². The number of carbonyl (C=O) groups excluding carboxylic acids is 1. The Morgan fingerprint density at radius 2 is 1.94 bits per heavy atom. The van der Waals surface area contributed by atoms with Gasteiger partial charge in [-0.1, -0.05) is 27.2 Å². The van der Waals surface area contributed by atoms with Crippen LogP contribution in [0.25, 0.3) is 0 Å². The highest BCUT2D eigenvalue weighted by atomic mass is 16.2. The third-order valence-corrected chi connectivity index (χ3v) is 4.94. The van der Waals surface area contributed by atoms with E-state index in [0.717, 1.165) is 38.0 Å². The third-order valence-electron chi connectivity index (χ3n) is 4.94. The van der Waals surface area contributed by atoms with E-state index in [1.54, 1.807) is 0 Å². The fourth-order valence-corrected chi connectivity index (χ4v) is 3.08. The van der Waals surface area contributed by atoms with Crippen molar-refractivity contribution in [3.63, 3.8) is 0 Å². The van der Waals surface area contributed by atoms with E-state index in [1.807, 2.05) is 0 Å². The summed E-state index contributed by atoms with van der Waals surface area (Å²) in [5, 5.41) is 12.5. The highest BCUT2D eigenvalue weighted by molar-refractivity contribution is 5.83. The van der Waals surface area contributed by atoms with Gasteiger partial charge < -0.3 is 5.32 Å². The molecule has 0 aromatic rings. The zero-order chi connectivity index (χ0) is 13.4. The van der Waals surface area contributed by atoms with Crippen LogP contribution in [0, 0.1) is 28.6 Å². The standard InChI is InChI=1S/C15H24N2O/c1-4-11-5-7-15(10-16,8-6-11)17-13(18)12-9-14(12,2)3/h11-12H,4-9H2,1-3H3,(H,17,18). The minimum atomic E-state index is -0.582. The van der Waals surface area contributed by atoms with Crippen LogP contribution < -0.4 is 5.32 Å². The molecule has 2 rings (SSSR count). The van der Waals surface area contributed by atoms with Crippen LogP contribution in [0.15, 0.2) is 0 Å². The smallest absolute Gasteiger partial charge is 0.224 e. The highest BCUT2D eigenvalue weighted by Crippen LogP contribution is 2.52. The zero-order valence-electron chi connectivity index (χ0n) is 11.8. The van der Waals surface area contributed by atoms with E-state index < -0.39 is 5.54 Å². The molecular formula is C15H24N2O. The summed E-state index contributed by atoms with van der Waals surface area (Å²) >= 11 is 0. The highest BCUT2D eigenvalue weighted by Gasteiger charge is 2.52. The molecular weight excluding hydrogens is 224 g/mol. The van der Waals surface area contributed by atoms with E-state index in [9.17, 15) is 10.1 Å². The third kappa shape index (κ3) is 2.53. The lowest BCUT2D eigenvalue weighted by Gasteiger charge is -2.35. The molecule has 1 N–H and O–H groups in total. The monoisotopic (exact) mass is 248 g/mol. The molecule has 3 heteroatoms. The quantitative estimate of drug-likeness (QED) is 0.834. The second-order valence-corrected chi connectivity index (χ2v) is 6.78. The summed E-state index contributed by atoms with van der Waals surface area (Å²) in [6, 6.07) is 2.37. The van der Waals surface area contributed by atoms with Gasteiger partial charge in [0.2, 0.25) is 5.91 Å². The first kappa shape index (κ1) is 13.4. The van der Waals surface area contributed by atoms with Gasteiger partial charge in [-0.25, -0.2) is 0 Å². The molecule has 0 radical (unpaired) electrons. The van der Waals surface area contributed by atoms with Crippen LogP contribution in [0.1, 0.15) is 59.3 Å². The van der Waals surface area contributed by atoms with Crippen molar-refractivity contribution in [1.82, 2.24) is 5.32 Å². The maximum Gasteiger partial charge on any atom is 0.224 e. The Morgan fingerprint density at radius 3 is 2.33 bits per heavy atom. The Labute approximate surface area is 110 Å². The summed E-state index contributed by atoms with van der Waals surface area (Å²) in [5.41, 5.74) is -0.442. The normalized spacial score (nSPS) is 37.7. The van der Waals surface area contributed by atoms with Crippen molar-refractivity contribution in [3.05, 3.63) is 0 Å². The topological polar surface area (TPSA) is 52.9 Å². The first-order valence-corrected chi connectivity index (χ1v) is 7.16. The largest absolute Gasteiger partial charge is 0.338 e. The minimum Gasteiger partial charge on any atom is -0.338 e. The Balaban J connectivity index is 1.94. The predicted molar refractivity (Wildman–Crippen MR) is 70.6 cm³/mol. The van der Waals surface area contributed by atoms with Crippen LogP contribution in [0.2, 0.25) is 0 Å². The number of nitriles is 1. The number of amides is 1. The summed E-state index contributed by atoms with van der Waals surface area (Å²) in [6.45, 7) is 6.43. The van der Waals surface area contributed by atoms with Crippen LogP contribution in [0.3, 0.4) is 0 Å². The molecule has 1 atom stereocenters. The molecule has 0 bridgehead atoms. The number of nitrogens with one attached hydrogen (secondary N) is 1.